The number of morpholine rings is 1. The van der Waals surface area contributed by atoms with E-state index in [1.165, 1.54) is 16.0 Å². The van der Waals surface area contributed by atoms with Crippen molar-refractivity contribution < 1.29 is 14.2 Å². The minimum Gasteiger partial charge on any atom is -0.454 e. The van der Waals surface area contributed by atoms with E-state index in [9.17, 15) is 0 Å². The van der Waals surface area contributed by atoms with Crippen molar-refractivity contribution >= 4 is 28.1 Å². The van der Waals surface area contributed by atoms with Crippen molar-refractivity contribution in [2.24, 2.45) is 0 Å². The van der Waals surface area contributed by atoms with Crippen LogP contribution in [-0.4, -0.2) is 43.0 Å². The molecule has 1 saturated heterocycles. The third-order valence-electron chi connectivity index (χ3n) is 6.39. The lowest BCUT2D eigenvalue weighted by molar-refractivity contribution is 0.0245. The Morgan fingerprint density at radius 3 is 2.72 bits per heavy atom. The van der Waals surface area contributed by atoms with Gasteiger partial charge in [-0.05, 0) is 48.2 Å². The van der Waals surface area contributed by atoms with Gasteiger partial charge in [0, 0.05) is 29.2 Å². The van der Waals surface area contributed by atoms with E-state index in [-0.39, 0.29) is 11.6 Å². The molecule has 0 bridgehead atoms. The van der Waals surface area contributed by atoms with Crippen molar-refractivity contribution in [2.45, 2.75) is 24.4 Å². The third-order valence-corrected chi connectivity index (χ3v) is 7.59. The average molecular weight is 470 g/mol. The van der Waals surface area contributed by atoms with Crippen LogP contribution in [0.25, 0.3) is 0 Å². The zero-order valence-corrected chi connectivity index (χ0v) is 19.1. The maximum atomic E-state index is 6.34. The van der Waals surface area contributed by atoms with Gasteiger partial charge < -0.3 is 19.5 Å². The summed E-state index contributed by atoms with van der Waals surface area (Å²) in [5.74, 6) is 1.64. The van der Waals surface area contributed by atoms with Crippen molar-refractivity contribution in [1.29, 1.82) is 0 Å². The minimum absolute atomic E-state index is 0.0827. The fraction of sp³-hybridized carbons (Fsp3) is 0.375. The van der Waals surface area contributed by atoms with Crippen LogP contribution >= 0.6 is 22.9 Å². The lowest BCUT2D eigenvalue weighted by atomic mass is 10.0. The molecule has 1 aliphatic carbocycles. The first-order valence-electron chi connectivity index (χ1n) is 10.9. The number of nitrogens with zero attached hydrogens (tertiary/aromatic N) is 2. The highest BCUT2D eigenvalue weighted by Crippen LogP contribution is 2.51. The van der Waals surface area contributed by atoms with Gasteiger partial charge in [0.25, 0.3) is 0 Å². The predicted molar refractivity (Wildman–Crippen MR) is 125 cm³/mol. The summed E-state index contributed by atoms with van der Waals surface area (Å²) in [5, 5.41) is 5.41. The van der Waals surface area contributed by atoms with Crippen LogP contribution in [0.3, 0.4) is 0 Å². The van der Waals surface area contributed by atoms with Gasteiger partial charge in [-0.25, -0.2) is 4.98 Å². The van der Waals surface area contributed by atoms with Crippen LogP contribution in [-0.2, 0) is 10.3 Å². The molecule has 0 spiro atoms. The second kappa shape index (κ2) is 8.23. The Kier molecular flexibility index (Phi) is 5.22. The van der Waals surface area contributed by atoms with E-state index >= 15 is 0 Å². The second-order valence-electron chi connectivity index (χ2n) is 8.45. The highest BCUT2D eigenvalue weighted by molar-refractivity contribution is 7.15. The van der Waals surface area contributed by atoms with Crippen LogP contribution in [0, 0.1) is 0 Å². The topological polar surface area (TPSA) is 55.9 Å². The number of rotatable bonds is 6. The van der Waals surface area contributed by atoms with E-state index in [2.05, 4.69) is 34.5 Å². The zero-order chi connectivity index (χ0) is 21.5. The van der Waals surface area contributed by atoms with E-state index in [4.69, 9.17) is 30.8 Å². The Hall–Kier alpha value is -2.32. The molecule has 2 fully saturated rings. The van der Waals surface area contributed by atoms with E-state index in [1.807, 2.05) is 24.4 Å². The highest BCUT2D eigenvalue weighted by atomic mass is 35.5. The van der Waals surface area contributed by atoms with Gasteiger partial charge in [0.2, 0.25) is 6.79 Å². The first-order valence-corrected chi connectivity index (χ1v) is 12.1. The summed E-state index contributed by atoms with van der Waals surface area (Å²) in [6.45, 7) is 3.56. The molecule has 1 saturated carbocycles. The molecule has 3 aromatic rings. The Labute approximate surface area is 196 Å². The lowest BCUT2D eigenvalue weighted by Crippen LogP contribution is -2.39. The second-order valence-corrected chi connectivity index (χ2v) is 9.95. The average Bonchev–Trinajstić information content (AvgIpc) is 3.21. The van der Waals surface area contributed by atoms with Gasteiger partial charge in [0.15, 0.2) is 16.6 Å². The summed E-state index contributed by atoms with van der Waals surface area (Å²) in [5.41, 5.74) is 2.32. The smallest absolute Gasteiger partial charge is 0.231 e. The molecule has 6 nitrogen and oxygen atoms in total. The molecule has 8 heteroatoms. The number of fused-ring (bicyclic) bond motifs is 1. The number of halogens is 1. The van der Waals surface area contributed by atoms with Crippen LogP contribution in [0.4, 0.5) is 5.13 Å². The van der Waals surface area contributed by atoms with Gasteiger partial charge >= 0.3 is 0 Å². The quantitative estimate of drug-likeness (QED) is 0.545. The number of hydrogen-bond acceptors (Lipinski definition) is 7. The normalized spacial score (nSPS) is 20.2. The van der Waals surface area contributed by atoms with Crippen molar-refractivity contribution in [1.82, 2.24) is 9.88 Å². The van der Waals surface area contributed by atoms with Crippen LogP contribution in [0.1, 0.15) is 34.9 Å². The number of thiazole rings is 1. The maximum absolute atomic E-state index is 6.34. The van der Waals surface area contributed by atoms with Gasteiger partial charge in [0.1, 0.15) is 0 Å². The molecule has 1 aromatic heterocycles. The van der Waals surface area contributed by atoms with E-state index in [0.29, 0.717) is 6.79 Å². The lowest BCUT2D eigenvalue weighted by Gasteiger charge is -2.34. The molecule has 0 radical (unpaired) electrons. The molecule has 1 atom stereocenters. The van der Waals surface area contributed by atoms with Crippen molar-refractivity contribution in [3.63, 3.8) is 0 Å². The van der Waals surface area contributed by atoms with Gasteiger partial charge in [-0.3, -0.25) is 4.90 Å². The number of aromatic nitrogens is 1. The van der Waals surface area contributed by atoms with Crippen LogP contribution in [0.5, 0.6) is 11.5 Å². The zero-order valence-electron chi connectivity index (χ0n) is 17.6. The summed E-state index contributed by atoms with van der Waals surface area (Å²) in [7, 11) is 0. The molecule has 2 aliphatic heterocycles. The summed E-state index contributed by atoms with van der Waals surface area (Å²) >= 11 is 8.06. The maximum Gasteiger partial charge on any atom is 0.231 e. The summed E-state index contributed by atoms with van der Waals surface area (Å²) in [6.07, 6.45) is 4.15. The molecule has 32 heavy (non-hydrogen) atoms. The summed E-state index contributed by atoms with van der Waals surface area (Å²) in [4.78, 5) is 8.43. The largest absolute Gasteiger partial charge is 0.454 e. The first kappa shape index (κ1) is 20.3. The van der Waals surface area contributed by atoms with Crippen LogP contribution in [0.15, 0.2) is 48.7 Å². The standard InChI is InChI=1S/C24H24ClN3O3S/c25-18-3-1-2-16(12-18)22(28-8-10-29-11-9-28)21-14-26-23(32-21)27-24(6-7-24)17-4-5-19-20(13-17)31-15-30-19/h1-5,12-14,22H,6-11,15H2,(H,26,27). The van der Waals surface area contributed by atoms with Crippen LogP contribution in [0.2, 0.25) is 5.02 Å². The molecule has 166 valence electrons. The molecular weight excluding hydrogens is 446 g/mol. The van der Waals surface area contributed by atoms with Crippen LogP contribution < -0.4 is 14.8 Å². The SMILES string of the molecule is Clc1cccc(C(c2cnc(NC3(c4ccc5c(c4)OCO5)CC3)s2)N2CCOCC2)c1. The molecule has 3 aliphatic rings. The fourth-order valence-electron chi connectivity index (χ4n) is 4.55. The monoisotopic (exact) mass is 469 g/mol. The van der Waals surface area contributed by atoms with Gasteiger partial charge in [-0.1, -0.05) is 29.8 Å². The minimum atomic E-state index is -0.0827. The third kappa shape index (κ3) is 3.83. The molecule has 1 unspecified atom stereocenters. The van der Waals surface area contributed by atoms with Crippen molar-refractivity contribution in [2.75, 3.05) is 38.4 Å². The fourth-order valence-corrected chi connectivity index (χ4v) is 5.82. The number of ether oxygens (including phenoxy) is 3. The number of anilines is 1. The molecule has 3 heterocycles. The molecule has 6 rings (SSSR count). The molecule has 0 amide bonds. The van der Waals surface area contributed by atoms with E-state index in [1.54, 1.807) is 11.3 Å². The van der Waals surface area contributed by atoms with E-state index < -0.39 is 0 Å². The van der Waals surface area contributed by atoms with Gasteiger partial charge in [0.05, 0.1) is 24.8 Å². The summed E-state index contributed by atoms with van der Waals surface area (Å²) < 4.78 is 16.6. The van der Waals surface area contributed by atoms with Crippen molar-refractivity contribution in [3.05, 3.63) is 69.7 Å². The number of benzene rings is 2. The van der Waals surface area contributed by atoms with Gasteiger partial charge in [-0.15, -0.1) is 11.3 Å². The van der Waals surface area contributed by atoms with Crippen molar-refractivity contribution in [3.8, 4) is 11.5 Å². The molecular formula is C24H24ClN3O3S. The Morgan fingerprint density at radius 1 is 1.06 bits per heavy atom. The summed E-state index contributed by atoms with van der Waals surface area (Å²) in [6, 6.07) is 14.5. The highest BCUT2D eigenvalue weighted by Gasteiger charge is 2.45. The van der Waals surface area contributed by atoms with E-state index in [0.717, 1.165) is 60.8 Å². The Balaban J connectivity index is 1.27. The molecule has 2 aromatic carbocycles. The molecule has 1 N–H and O–H groups in total. The number of nitrogens with one attached hydrogen (secondary N) is 1. The predicted octanol–water partition coefficient (Wildman–Crippen LogP) is 5.05. The Morgan fingerprint density at radius 2 is 1.91 bits per heavy atom. The first-order chi connectivity index (χ1) is 15.7. The number of hydrogen-bond donors (Lipinski definition) is 1. The van der Waals surface area contributed by atoms with Gasteiger partial charge in [-0.2, -0.15) is 0 Å². The Bertz CT molecular complexity index is 1130.